The summed E-state index contributed by atoms with van der Waals surface area (Å²) in [4.78, 5) is 46.2. The molecular weight excluding hydrogens is 476 g/mol. The van der Waals surface area contributed by atoms with Crippen LogP contribution in [0.4, 0.5) is 0 Å². The predicted molar refractivity (Wildman–Crippen MR) is 141 cm³/mol. The summed E-state index contributed by atoms with van der Waals surface area (Å²) in [6, 6.07) is 6.29. The van der Waals surface area contributed by atoms with Crippen molar-refractivity contribution in [2.75, 3.05) is 6.54 Å². The highest BCUT2D eigenvalue weighted by Crippen LogP contribution is 2.28. The quantitative estimate of drug-likeness (QED) is 0.548. The van der Waals surface area contributed by atoms with Crippen molar-refractivity contribution < 1.29 is 19.5 Å². The van der Waals surface area contributed by atoms with Gasteiger partial charge in [0.1, 0.15) is 12.1 Å². The Morgan fingerprint density at radius 1 is 1.14 bits per heavy atom. The Bertz CT molecular complexity index is 1100. The SMILES string of the molecule is Cc1ncsc1-c1ccc(CNC(=O)[C@@H]2CC(O)CN2C(=O)[C@@H](NC(=O)C(C)(C)C)C(C)(C)C)cc1. The molecule has 1 saturated heterocycles. The first-order chi connectivity index (χ1) is 16.7. The van der Waals surface area contributed by atoms with E-state index in [0.29, 0.717) is 6.54 Å². The molecule has 1 aliphatic heterocycles. The Labute approximate surface area is 217 Å². The van der Waals surface area contributed by atoms with E-state index in [4.69, 9.17) is 0 Å². The summed E-state index contributed by atoms with van der Waals surface area (Å²) in [6.07, 6.45) is -0.642. The number of carbonyl (C=O) groups excluding carboxylic acids is 3. The van der Waals surface area contributed by atoms with Crippen molar-refractivity contribution in [3.63, 3.8) is 0 Å². The highest BCUT2D eigenvalue weighted by Gasteiger charge is 2.45. The average Bonchev–Trinajstić information content (AvgIpc) is 3.39. The van der Waals surface area contributed by atoms with Crippen molar-refractivity contribution in [2.45, 2.75) is 79.6 Å². The van der Waals surface area contributed by atoms with Gasteiger partial charge in [-0.15, -0.1) is 11.3 Å². The second-order valence-electron chi connectivity index (χ2n) is 11.6. The Morgan fingerprint density at radius 2 is 1.78 bits per heavy atom. The van der Waals surface area contributed by atoms with Crippen molar-refractivity contribution in [1.82, 2.24) is 20.5 Å². The molecule has 196 valence electrons. The van der Waals surface area contributed by atoms with E-state index in [0.717, 1.165) is 21.7 Å². The molecule has 1 unspecified atom stereocenters. The van der Waals surface area contributed by atoms with Crippen LogP contribution in [-0.4, -0.2) is 57.4 Å². The molecule has 0 spiro atoms. The first kappa shape index (κ1) is 27.8. The van der Waals surface area contributed by atoms with Crippen molar-refractivity contribution in [3.8, 4) is 10.4 Å². The minimum absolute atomic E-state index is 0.0534. The third-order valence-electron chi connectivity index (χ3n) is 6.36. The standard InChI is InChI=1S/C27H38N4O4S/c1-16-21(36-15-29-16)18-10-8-17(9-11-18)13-28-23(33)20-12-19(32)14-31(20)24(34)22(26(2,3)4)30-25(35)27(5,6)7/h8-11,15,19-20,22,32H,12-14H2,1-7H3,(H,28,33)(H,30,35)/t19?,20-,22+/m0/s1. The molecule has 0 saturated carbocycles. The molecule has 8 nitrogen and oxygen atoms in total. The number of β-amino-alcohol motifs (C(OH)–C–C–N with tert-alkyl or cyclic N) is 1. The van der Waals surface area contributed by atoms with E-state index >= 15 is 0 Å². The summed E-state index contributed by atoms with van der Waals surface area (Å²) in [5.74, 6) is -0.924. The smallest absolute Gasteiger partial charge is 0.246 e. The topological polar surface area (TPSA) is 112 Å². The number of carbonyl (C=O) groups is 3. The zero-order valence-electron chi connectivity index (χ0n) is 22.2. The van der Waals surface area contributed by atoms with Gasteiger partial charge in [0, 0.05) is 24.9 Å². The summed E-state index contributed by atoms with van der Waals surface area (Å²) in [7, 11) is 0. The van der Waals surface area contributed by atoms with E-state index in [-0.39, 0.29) is 30.7 Å². The molecule has 9 heteroatoms. The number of rotatable bonds is 6. The second kappa shape index (κ2) is 10.7. The number of thiazole rings is 1. The zero-order chi connectivity index (χ0) is 26.8. The molecule has 2 aromatic rings. The molecule has 0 aliphatic carbocycles. The van der Waals surface area contributed by atoms with E-state index in [1.807, 2.05) is 57.5 Å². The number of aliphatic hydroxyl groups excluding tert-OH is 1. The van der Waals surface area contributed by atoms with Gasteiger partial charge >= 0.3 is 0 Å². The molecule has 3 amide bonds. The molecule has 36 heavy (non-hydrogen) atoms. The Morgan fingerprint density at radius 3 is 2.31 bits per heavy atom. The Balaban J connectivity index is 1.69. The fraction of sp³-hybridized carbons (Fsp3) is 0.556. The molecule has 0 bridgehead atoms. The fourth-order valence-corrected chi connectivity index (χ4v) is 4.94. The van der Waals surface area contributed by atoms with E-state index in [1.54, 1.807) is 32.1 Å². The number of likely N-dealkylation sites (tertiary alicyclic amines) is 1. The van der Waals surface area contributed by atoms with Crippen LogP contribution in [0.1, 0.15) is 59.2 Å². The number of aryl methyl sites for hydroxylation is 1. The summed E-state index contributed by atoms with van der Waals surface area (Å²) < 4.78 is 0. The fourth-order valence-electron chi connectivity index (χ4n) is 4.13. The summed E-state index contributed by atoms with van der Waals surface area (Å²) >= 11 is 1.59. The van der Waals surface area contributed by atoms with Gasteiger partial charge < -0.3 is 20.6 Å². The number of aliphatic hydroxyl groups is 1. The van der Waals surface area contributed by atoms with Gasteiger partial charge in [-0.25, -0.2) is 4.98 Å². The van der Waals surface area contributed by atoms with Crippen LogP contribution in [0.5, 0.6) is 0 Å². The summed E-state index contributed by atoms with van der Waals surface area (Å²) in [5.41, 5.74) is 3.56. The summed E-state index contributed by atoms with van der Waals surface area (Å²) in [5, 5.41) is 16.1. The monoisotopic (exact) mass is 514 g/mol. The maximum Gasteiger partial charge on any atom is 0.246 e. The molecule has 1 fully saturated rings. The number of nitrogens with one attached hydrogen (secondary N) is 2. The van der Waals surface area contributed by atoms with Crippen LogP contribution >= 0.6 is 11.3 Å². The number of hydrogen-bond acceptors (Lipinski definition) is 6. The largest absolute Gasteiger partial charge is 0.391 e. The van der Waals surface area contributed by atoms with Crippen LogP contribution in [0.2, 0.25) is 0 Å². The molecule has 0 radical (unpaired) electrons. The highest BCUT2D eigenvalue weighted by atomic mass is 32.1. The van der Waals surface area contributed by atoms with Crippen LogP contribution in [0.15, 0.2) is 29.8 Å². The minimum Gasteiger partial charge on any atom is -0.391 e. The number of aromatic nitrogens is 1. The maximum absolute atomic E-state index is 13.6. The third-order valence-corrected chi connectivity index (χ3v) is 7.34. The van der Waals surface area contributed by atoms with Gasteiger partial charge in [0.2, 0.25) is 17.7 Å². The van der Waals surface area contributed by atoms with Gasteiger partial charge in [-0.1, -0.05) is 65.8 Å². The number of benzene rings is 1. The van der Waals surface area contributed by atoms with Crippen molar-refractivity contribution in [2.24, 2.45) is 10.8 Å². The van der Waals surface area contributed by atoms with Crippen LogP contribution < -0.4 is 10.6 Å². The predicted octanol–water partition coefficient (Wildman–Crippen LogP) is 3.27. The number of hydrogen-bond donors (Lipinski definition) is 3. The van der Waals surface area contributed by atoms with Gasteiger partial charge in [0.05, 0.1) is 22.2 Å². The molecule has 1 aliphatic rings. The van der Waals surface area contributed by atoms with Crippen LogP contribution in [-0.2, 0) is 20.9 Å². The van der Waals surface area contributed by atoms with Gasteiger partial charge in [-0.3, -0.25) is 14.4 Å². The van der Waals surface area contributed by atoms with Gasteiger partial charge in [-0.2, -0.15) is 0 Å². The molecule has 3 atom stereocenters. The summed E-state index contributed by atoms with van der Waals surface area (Å²) in [6.45, 7) is 13.3. The lowest BCUT2D eigenvalue weighted by Gasteiger charge is -2.36. The lowest BCUT2D eigenvalue weighted by Crippen LogP contribution is -2.59. The van der Waals surface area contributed by atoms with Crippen molar-refractivity contribution >= 4 is 29.1 Å². The van der Waals surface area contributed by atoms with Gasteiger partial charge in [-0.05, 0) is 23.5 Å². The third kappa shape index (κ3) is 6.50. The maximum atomic E-state index is 13.6. The number of amides is 3. The van der Waals surface area contributed by atoms with E-state index < -0.39 is 29.0 Å². The minimum atomic E-state index is -0.826. The van der Waals surface area contributed by atoms with E-state index in [9.17, 15) is 19.5 Å². The van der Waals surface area contributed by atoms with Gasteiger partial charge in [0.25, 0.3) is 0 Å². The van der Waals surface area contributed by atoms with Crippen LogP contribution in [0.3, 0.4) is 0 Å². The Kier molecular flexibility index (Phi) is 8.25. The molecule has 3 N–H and O–H groups in total. The first-order valence-electron chi connectivity index (χ1n) is 12.2. The van der Waals surface area contributed by atoms with Crippen molar-refractivity contribution in [1.29, 1.82) is 0 Å². The van der Waals surface area contributed by atoms with Gasteiger partial charge in [0.15, 0.2) is 0 Å². The normalized spacial score (nSPS) is 19.2. The molecule has 2 heterocycles. The lowest BCUT2D eigenvalue weighted by atomic mass is 9.84. The molecule has 1 aromatic heterocycles. The second-order valence-corrected chi connectivity index (χ2v) is 12.5. The van der Waals surface area contributed by atoms with Crippen molar-refractivity contribution in [3.05, 3.63) is 41.0 Å². The molecular formula is C27H38N4O4S. The first-order valence-corrected chi connectivity index (χ1v) is 13.1. The Hall–Kier alpha value is -2.78. The molecule has 1 aromatic carbocycles. The van der Waals surface area contributed by atoms with E-state index in [1.165, 1.54) is 4.90 Å². The van der Waals surface area contributed by atoms with Crippen LogP contribution in [0, 0.1) is 17.8 Å². The zero-order valence-corrected chi connectivity index (χ0v) is 23.0. The highest BCUT2D eigenvalue weighted by molar-refractivity contribution is 7.13. The molecule has 3 rings (SSSR count). The number of nitrogens with zero attached hydrogens (tertiary/aromatic N) is 2. The lowest BCUT2D eigenvalue weighted by molar-refractivity contribution is -0.145. The average molecular weight is 515 g/mol. The van der Waals surface area contributed by atoms with Crippen LogP contribution in [0.25, 0.3) is 10.4 Å². The van der Waals surface area contributed by atoms with E-state index in [2.05, 4.69) is 15.6 Å².